The van der Waals surface area contributed by atoms with Crippen LogP contribution in [-0.4, -0.2) is 91.5 Å². The highest BCUT2D eigenvalue weighted by Crippen LogP contribution is 2.61. The first kappa shape index (κ1) is 144. The second kappa shape index (κ2) is 77.6. The number of hydrogen-bond donors (Lipinski definition) is 7. The summed E-state index contributed by atoms with van der Waals surface area (Å²) < 4.78 is 40.9. The number of nitrogens with one attached hydrogen (secondary N) is 5. The lowest BCUT2D eigenvalue weighted by molar-refractivity contribution is 0.0520. The molecule has 0 unspecified atom stereocenters. The Labute approximate surface area is 1010 Å². The van der Waals surface area contributed by atoms with Gasteiger partial charge in [-0.05, 0) is 244 Å². The van der Waals surface area contributed by atoms with E-state index in [4.69, 9.17) is 73.0 Å². The second-order valence-electron chi connectivity index (χ2n) is 26.2. The molecule has 0 bridgehead atoms. The van der Waals surface area contributed by atoms with E-state index >= 15 is 0 Å². The highest BCUT2D eigenvalue weighted by Gasteiger charge is 2.26. The molecule has 0 saturated heterocycles. The zero-order valence-corrected chi connectivity index (χ0v) is 113. The number of H-pyrrole nitrogens is 5. The van der Waals surface area contributed by atoms with Crippen molar-refractivity contribution in [3.05, 3.63) is 155 Å². The molecule has 10 aromatic heterocycles. The van der Waals surface area contributed by atoms with Gasteiger partial charge < -0.3 is 64.0 Å². The molecule has 0 saturated carbocycles. The van der Waals surface area contributed by atoms with Crippen molar-refractivity contribution in [3.8, 4) is 44.5 Å². The van der Waals surface area contributed by atoms with Crippen LogP contribution >= 0.6 is 50.5 Å². The number of aromatic amines is 5. The molecular weight excluding hydrogens is 2790 g/mol. The van der Waals surface area contributed by atoms with Crippen molar-refractivity contribution >= 4 is 537 Å². The van der Waals surface area contributed by atoms with E-state index in [9.17, 15) is 18.9 Å². The average Bonchev–Trinajstić information content (AvgIpc) is 1.62. The topological polar surface area (TPSA) is 373 Å². The van der Waals surface area contributed by atoms with Crippen molar-refractivity contribution in [2.75, 3.05) is 18.9 Å². The van der Waals surface area contributed by atoms with Crippen LogP contribution in [-0.2, 0) is 405 Å². The molecule has 0 amide bonds. The number of aryl methyl sites for hydroxylation is 14. The van der Waals surface area contributed by atoms with Crippen LogP contribution in [0.2, 0.25) is 5.15 Å². The van der Waals surface area contributed by atoms with Crippen molar-refractivity contribution in [1.82, 2.24) is 60.5 Å². The smallest absolute Gasteiger partial charge is 0.342 e. The minimum Gasteiger partial charge on any atom is -0.462 e. The largest absolute Gasteiger partial charge is 0.462 e. The normalized spacial score (nSPS) is 9.87. The van der Waals surface area contributed by atoms with Crippen LogP contribution in [0.4, 0.5) is 11.6 Å². The molecule has 0 aliphatic rings. The third-order valence-electron chi connectivity index (χ3n) is 17.4. The Morgan fingerprint density at radius 3 is 0.932 bits per heavy atom. The SMILES string of the molecule is C.C.C.C.C.CCOC(=O)c1c(N)[nH]c2cc(-c3c(C)noc3C)c(C)cc12.CCOC(=O)c1c(N=C(C)N)[nH]c2cc(-c3c(C)noc3C)c(C)cc12.Cc1nc(Cl)c2c(n1)[nH]c1cc(-c3c(C)noc3C)c(C)cc12.Cc1nc2[nH]c3cc(-c4c(C)noc4C)c(C)cc3c2c(=O)[nH]1.O=P(Cl)(Cl)Cl.S=S=S=S=S=S.S=S=S=S=S=S=S=S=S=S=S.S=S=S=S=S=S=S=S=S=S=S=S.S=S=S=S=S=S=S=S=S=S=S=S=S. The van der Waals surface area contributed by atoms with E-state index in [1.807, 2.05) is 119 Å². The molecule has 0 aliphatic heterocycles. The molecule has 0 spiro atoms. The molecular formula is C75H92Cl4N15O10PS42. The summed E-state index contributed by atoms with van der Waals surface area (Å²) in [4.78, 5) is 69.8. The number of ether oxygens (including phenoxy) is 2. The molecule has 147 heavy (non-hydrogen) atoms. The van der Waals surface area contributed by atoms with Crippen molar-refractivity contribution in [1.29, 1.82) is 0 Å². The van der Waals surface area contributed by atoms with Gasteiger partial charge in [0.25, 0.3) is 5.56 Å². The van der Waals surface area contributed by atoms with E-state index in [2.05, 4.69) is 185 Å². The Balaban J connectivity index is 0.000000853. The first-order chi connectivity index (χ1) is 67.8. The van der Waals surface area contributed by atoms with Gasteiger partial charge in [0.2, 0.25) is 0 Å². The number of carbonyl (C=O) groups excluding carboxylic acids is 2. The molecule has 812 valence electrons. The third kappa shape index (κ3) is 47.2. The van der Waals surface area contributed by atoms with Crippen LogP contribution in [0.25, 0.3) is 110 Å². The summed E-state index contributed by atoms with van der Waals surface area (Å²) in [6.45, 7) is 32.7. The number of amidine groups is 1. The Hall–Kier alpha value is -0.800. The molecule has 72 heteroatoms. The number of nitrogens with zero attached hydrogens (tertiary/aromatic N) is 8. The Kier molecular flexibility index (Phi) is 76.2. The summed E-state index contributed by atoms with van der Waals surface area (Å²) in [6, 6.07) is 16.1. The summed E-state index contributed by atoms with van der Waals surface area (Å²) in [6.07, 6.45) is 0. The molecule has 4 aromatic carbocycles. The van der Waals surface area contributed by atoms with E-state index in [1.54, 1.807) is 241 Å². The van der Waals surface area contributed by atoms with Crippen LogP contribution < -0.4 is 17.0 Å². The molecule has 0 atom stereocenters. The summed E-state index contributed by atoms with van der Waals surface area (Å²) in [5.74, 6) is 4.57. The Morgan fingerprint density at radius 1 is 0.388 bits per heavy atom. The summed E-state index contributed by atoms with van der Waals surface area (Å²) in [5, 5.41) is 18.2. The van der Waals surface area contributed by atoms with Gasteiger partial charge in [0.15, 0.2) is 0 Å². The molecule has 14 aromatic rings. The summed E-state index contributed by atoms with van der Waals surface area (Å²) in [5.41, 5.74) is 32.8. The Bertz CT molecular complexity index is 8850. The van der Waals surface area contributed by atoms with Crippen LogP contribution in [0.1, 0.15) is 158 Å². The number of aliphatic imine (C=N–C) groups is 1. The van der Waals surface area contributed by atoms with Gasteiger partial charge in [0.1, 0.15) is 73.9 Å². The molecule has 0 aliphatic carbocycles. The monoisotopic (exact) mass is 2880 g/mol. The Morgan fingerprint density at radius 2 is 0.646 bits per heavy atom. The van der Waals surface area contributed by atoms with Crippen molar-refractivity contribution in [3.63, 3.8) is 0 Å². The number of fused-ring (bicyclic) bond motifs is 8. The van der Waals surface area contributed by atoms with Gasteiger partial charge in [0.05, 0.1) is 52.6 Å². The fourth-order valence-electron chi connectivity index (χ4n) is 12.7. The number of anilines is 1. The number of hydrogen-bond acceptors (Lipinski definition) is 27. The van der Waals surface area contributed by atoms with E-state index in [1.165, 1.54) is 88.8 Å². The van der Waals surface area contributed by atoms with E-state index in [0.717, 1.165) is 167 Å². The second-order valence-corrected chi connectivity index (χ2v) is 93.4. The van der Waals surface area contributed by atoms with Gasteiger partial charge in [-0.3, -0.25) is 9.36 Å². The zero-order valence-electron chi connectivity index (χ0n) is 75.0. The number of aromatic nitrogens is 12. The van der Waals surface area contributed by atoms with Gasteiger partial charge in [-0.25, -0.2) is 29.5 Å². The van der Waals surface area contributed by atoms with Crippen molar-refractivity contribution < 1.29 is 41.7 Å². The molecule has 9 N–H and O–H groups in total. The maximum atomic E-state index is 12.5. The van der Waals surface area contributed by atoms with Crippen molar-refractivity contribution in [2.45, 2.75) is 155 Å². The lowest BCUT2D eigenvalue weighted by Crippen LogP contribution is -2.08. The van der Waals surface area contributed by atoms with E-state index < -0.39 is 17.1 Å². The van der Waals surface area contributed by atoms with Crippen molar-refractivity contribution in [2.24, 2.45) is 10.7 Å². The number of carbonyl (C=O) groups is 2. The number of benzene rings is 4. The molecule has 25 nitrogen and oxygen atoms in total. The average molecular weight is 2880 g/mol. The zero-order chi connectivity index (χ0) is 105. The first-order valence-electron chi connectivity index (χ1n) is 37.7. The standard InChI is InChI=1S/C19H22N4O3.C17H15ClN4O.C17H16N4O2.C17H19N3O3.5CH4.Cl3OP.S13.S12.S11.S6/c1-6-25-19(24)17-14-7-9(2)13(16-10(3)23-26-11(16)4)8-15(14)22-18(17)21-12(5)20;1-7-5-12-13(6-11(7)14-8(2)22-23-9(14)3)21-17-15(12)16(18)19-10(4)20-17;1-7-5-12-13(6-11(7)14-8(2)21-23-9(14)3)20-16-15(12)17(22)19-10(4)18-16;1-5-22-17(21)15-12-6-8(2)11(7-13(12)19-16(15)18)14-9(3)20-23-10(14)4;;;;;;1-5(2,3)4;1-3-5-7-9-11-13-12-10-8-6-4-2;1-3-5-7-9-11-12-10-8-6-4-2;1-3-5-7-9-11-10-8-6-4-2;1-3-5-6-4-2/h7-8,22H,6H2,1-5H3,(H2,20,21);5-6H,1-4H3,(H,19,20,21);5-6H,1-4H3,(H2,18,19,20,22);6-7,19H,5,18H2,1-4H3;5*1H4;;;;;. The lowest BCUT2D eigenvalue weighted by atomic mass is 9.97. The number of nitrogen functional groups attached to an aromatic ring is 1. The quantitative estimate of drug-likeness (QED) is 0.0232. The van der Waals surface area contributed by atoms with E-state index in [-0.39, 0.29) is 49.3 Å². The maximum Gasteiger partial charge on any atom is 0.342 e. The summed E-state index contributed by atoms with van der Waals surface area (Å²) >= 11 is 57.3. The third-order valence-corrected chi connectivity index (χ3v) is 84.3. The number of halogens is 4. The van der Waals surface area contributed by atoms with E-state index in [0.29, 0.717) is 63.0 Å². The lowest BCUT2D eigenvalue weighted by Gasteiger charge is -2.07. The fraction of sp³-hybridized carbons (Fsp3) is 0.320. The highest BCUT2D eigenvalue weighted by atomic mass is 36.0. The van der Waals surface area contributed by atoms with Gasteiger partial charge in [0, 0.05) is 457 Å². The minimum atomic E-state index is -3.22. The van der Waals surface area contributed by atoms with Crippen LogP contribution in [0, 0.1) is 96.9 Å². The van der Waals surface area contributed by atoms with Gasteiger partial charge in [-0.15, -0.1) is 0 Å². The molecule has 14 rings (SSSR count). The van der Waals surface area contributed by atoms with Crippen LogP contribution in [0.15, 0.2) is 76.4 Å². The van der Waals surface area contributed by atoms with Gasteiger partial charge in [-0.2, -0.15) is 0 Å². The molecule has 10 heterocycles. The first-order valence-corrected chi connectivity index (χ1v) is 93.1. The van der Waals surface area contributed by atoms with Crippen LogP contribution in [0.3, 0.4) is 0 Å². The highest BCUT2D eigenvalue weighted by molar-refractivity contribution is 8.77. The fourth-order valence-corrected chi connectivity index (χ4v) is 84.4. The number of rotatable bonds is 9. The molecule has 0 radical (unpaired) electrons. The van der Waals surface area contributed by atoms with Gasteiger partial charge in [-0.1, -0.05) is 69.4 Å². The minimum absolute atomic E-state index is 0. The number of nitrogens with two attached hydrogens (primary N) is 2. The summed E-state index contributed by atoms with van der Waals surface area (Å²) in [7, 11) is 54.5. The maximum absolute atomic E-state index is 12.5. The predicted octanol–water partition coefficient (Wildman–Crippen LogP) is 21.3. The van der Waals surface area contributed by atoms with Gasteiger partial charge >= 0.3 is 17.1 Å². The van der Waals surface area contributed by atoms with Crippen LogP contribution in [0.5, 0.6) is 0 Å². The number of esters is 2. The molecule has 0 fully saturated rings. The predicted molar refractivity (Wildman–Crippen MR) is 737 cm³/mol.